The van der Waals surface area contributed by atoms with Crippen molar-refractivity contribution in [2.24, 2.45) is 0 Å². The normalized spacial score (nSPS) is 9.92. The van der Waals surface area contributed by atoms with E-state index in [4.69, 9.17) is 14.2 Å². The maximum atomic E-state index is 12.1. The number of esters is 1. The Morgan fingerprint density at radius 1 is 1.04 bits per heavy atom. The maximum Gasteiger partial charge on any atom is 0.338 e. The number of carbonyl (C=O) groups is 2. The van der Waals surface area contributed by atoms with Crippen LogP contribution in [0.2, 0.25) is 0 Å². The maximum absolute atomic E-state index is 12.1. The van der Waals surface area contributed by atoms with Gasteiger partial charge in [-0.1, -0.05) is 0 Å². The van der Waals surface area contributed by atoms with Gasteiger partial charge >= 0.3 is 5.97 Å². The smallest absolute Gasteiger partial charge is 0.338 e. The van der Waals surface area contributed by atoms with Gasteiger partial charge in [0.25, 0.3) is 11.6 Å². The van der Waals surface area contributed by atoms with Gasteiger partial charge in [0.05, 0.1) is 24.7 Å². The zero-order valence-electron chi connectivity index (χ0n) is 14.1. The van der Waals surface area contributed by atoms with Crippen LogP contribution in [0.5, 0.6) is 11.5 Å². The number of hydrogen-bond acceptors (Lipinski definition) is 7. The van der Waals surface area contributed by atoms with Gasteiger partial charge in [-0.2, -0.15) is 0 Å². The number of nitrogens with one attached hydrogen (secondary N) is 1. The highest BCUT2D eigenvalue weighted by atomic mass is 16.6. The SMILES string of the molecule is COc1cc(OC)cc(C(=O)OCC(=O)Nc2ccc([N+](=O)[O-])cc2)c1. The Balaban J connectivity index is 1.94. The van der Waals surface area contributed by atoms with Gasteiger partial charge < -0.3 is 19.5 Å². The minimum atomic E-state index is -0.721. The average molecular weight is 360 g/mol. The van der Waals surface area contributed by atoms with Crippen molar-refractivity contribution in [2.45, 2.75) is 0 Å². The molecule has 0 bridgehead atoms. The Kier molecular flexibility index (Phi) is 6.10. The lowest BCUT2D eigenvalue weighted by Gasteiger charge is -2.09. The van der Waals surface area contributed by atoms with Crippen LogP contribution in [-0.2, 0) is 9.53 Å². The Morgan fingerprint density at radius 2 is 1.62 bits per heavy atom. The molecule has 26 heavy (non-hydrogen) atoms. The van der Waals surface area contributed by atoms with Crippen molar-refractivity contribution in [1.82, 2.24) is 0 Å². The van der Waals surface area contributed by atoms with Gasteiger partial charge in [0.1, 0.15) is 11.5 Å². The lowest BCUT2D eigenvalue weighted by molar-refractivity contribution is -0.384. The molecule has 9 heteroatoms. The molecule has 0 atom stereocenters. The molecule has 0 aromatic heterocycles. The lowest BCUT2D eigenvalue weighted by atomic mass is 10.2. The Morgan fingerprint density at radius 3 is 2.12 bits per heavy atom. The summed E-state index contributed by atoms with van der Waals surface area (Å²) < 4.78 is 15.1. The fourth-order valence-corrected chi connectivity index (χ4v) is 2.00. The molecule has 0 saturated carbocycles. The molecule has 9 nitrogen and oxygen atoms in total. The molecule has 2 rings (SSSR count). The predicted molar refractivity (Wildman–Crippen MR) is 91.6 cm³/mol. The van der Waals surface area contributed by atoms with Crippen molar-refractivity contribution in [2.75, 3.05) is 26.1 Å². The van der Waals surface area contributed by atoms with Crippen molar-refractivity contribution in [3.63, 3.8) is 0 Å². The number of anilines is 1. The van der Waals surface area contributed by atoms with Crippen molar-refractivity contribution in [3.05, 3.63) is 58.1 Å². The molecule has 0 aliphatic carbocycles. The molecule has 0 aliphatic rings. The van der Waals surface area contributed by atoms with Crippen LogP contribution >= 0.6 is 0 Å². The number of nitro groups is 1. The molecule has 0 saturated heterocycles. The number of nitrogens with zero attached hydrogens (tertiary/aromatic N) is 1. The largest absolute Gasteiger partial charge is 0.497 e. The number of carbonyl (C=O) groups excluding carboxylic acids is 2. The molecule has 0 heterocycles. The monoisotopic (exact) mass is 360 g/mol. The quantitative estimate of drug-likeness (QED) is 0.458. The molecule has 0 radical (unpaired) electrons. The molecular formula is C17H16N2O7. The minimum absolute atomic E-state index is 0.0959. The van der Waals surface area contributed by atoms with Gasteiger partial charge in [0.2, 0.25) is 0 Å². The van der Waals surface area contributed by atoms with E-state index in [1.807, 2.05) is 0 Å². The van der Waals surface area contributed by atoms with Gasteiger partial charge in [0.15, 0.2) is 6.61 Å². The fraction of sp³-hybridized carbons (Fsp3) is 0.176. The second kappa shape index (κ2) is 8.47. The van der Waals surface area contributed by atoms with Crippen LogP contribution in [0.25, 0.3) is 0 Å². The molecule has 2 aromatic rings. The third kappa shape index (κ3) is 4.94. The number of ether oxygens (including phenoxy) is 3. The first kappa shape index (κ1) is 18.7. The summed E-state index contributed by atoms with van der Waals surface area (Å²) in [5, 5.41) is 13.1. The number of methoxy groups -OCH3 is 2. The Hall–Kier alpha value is -3.62. The Bertz CT molecular complexity index is 796. The van der Waals surface area contributed by atoms with E-state index in [0.717, 1.165) is 0 Å². The number of hydrogen-bond donors (Lipinski definition) is 1. The first-order valence-electron chi connectivity index (χ1n) is 7.37. The molecule has 0 fully saturated rings. The van der Waals surface area contributed by atoms with Crippen LogP contribution in [0.3, 0.4) is 0 Å². The zero-order valence-corrected chi connectivity index (χ0v) is 14.1. The predicted octanol–water partition coefficient (Wildman–Crippen LogP) is 2.41. The summed E-state index contributed by atoms with van der Waals surface area (Å²) in [6, 6.07) is 9.78. The van der Waals surface area contributed by atoms with E-state index in [-0.39, 0.29) is 11.3 Å². The first-order chi connectivity index (χ1) is 12.4. The van der Waals surface area contributed by atoms with Gasteiger partial charge in [-0.25, -0.2) is 4.79 Å². The van der Waals surface area contributed by atoms with Crippen LogP contribution in [-0.4, -0.2) is 37.6 Å². The number of nitro benzene ring substituents is 1. The van der Waals surface area contributed by atoms with E-state index < -0.39 is 23.4 Å². The van der Waals surface area contributed by atoms with Gasteiger partial charge in [0, 0.05) is 23.9 Å². The number of benzene rings is 2. The third-order valence-corrected chi connectivity index (χ3v) is 3.28. The molecule has 1 N–H and O–H groups in total. The van der Waals surface area contributed by atoms with Crippen molar-refractivity contribution in [1.29, 1.82) is 0 Å². The molecular weight excluding hydrogens is 344 g/mol. The molecule has 2 aromatic carbocycles. The summed E-state index contributed by atoms with van der Waals surface area (Å²) in [4.78, 5) is 33.9. The summed E-state index contributed by atoms with van der Waals surface area (Å²) in [5.41, 5.74) is 0.422. The highest BCUT2D eigenvalue weighted by Crippen LogP contribution is 2.23. The van der Waals surface area contributed by atoms with E-state index >= 15 is 0 Å². The van der Waals surface area contributed by atoms with E-state index in [1.54, 1.807) is 6.07 Å². The van der Waals surface area contributed by atoms with E-state index in [1.165, 1.54) is 50.6 Å². The molecule has 0 aliphatic heterocycles. The van der Waals surface area contributed by atoms with Crippen LogP contribution in [0.1, 0.15) is 10.4 Å². The fourth-order valence-electron chi connectivity index (χ4n) is 2.00. The molecule has 1 amide bonds. The summed E-state index contributed by atoms with van der Waals surface area (Å²) in [7, 11) is 2.89. The minimum Gasteiger partial charge on any atom is -0.497 e. The highest BCUT2D eigenvalue weighted by molar-refractivity contribution is 5.95. The second-order valence-corrected chi connectivity index (χ2v) is 5.03. The van der Waals surface area contributed by atoms with E-state index in [0.29, 0.717) is 17.2 Å². The lowest BCUT2D eigenvalue weighted by Crippen LogP contribution is -2.21. The number of amides is 1. The summed E-state index contributed by atoms with van der Waals surface area (Å²) in [6.45, 7) is -0.519. The highest BCUT2D eigenvalue weighted by Gasteiger charge is 2.14. The van der Waals surface area contributed by atoms with Gasteiger partial charge in [-0.05, 0) is 24.3 Å². The number of rotatable bonds is 7. The second-order valence-electron chi connectivity index (χ2n) is 5.03. The van der Waals surface area contributed by atoms with Crippen LogP contribution in [0.15, 0.2) is 42.5 Å². The van der Waals surface area contributed by atoms with Crippen molar-refractivity contribution >= 4 is 23.3 Å². The zero-order chi connectivity index (χ0) is 19.1. The van der Waals surface area contributed by atoms with Gasteiger partial charge in [-0.15, -0.1) is 0 Å². The average Bonchev–Trinajstić information content (AvgIpc) is 2.65. The standard InChI is InChI=1S/C17H16N2O7/c1-24-14-7-11(8-15(9-14)25-2)17(21)26-10-16(20)18-12-3-5-13(6-4-12)19(22)23/h3-9H,10H2,1-2H3,(H,18,20). The van der Waals surface area contributed by atoms with Crippen molar-refractivity contribution in [3.8, 4) is 11.5 Å². The third-order valence-electron chi connectivity index (χ3n) is 3.28. The molecule has 136 valence electrons. The summed E-state index contributed by atoms with van der Waals surface area (Å²) >= 11 is 0. The van der Waals surface area contributed by atoms with Crippen LogP contribution in [0.4, 0.5) is 11.4 Å². The topological polar surface area (TPSA) is 117 Å². The first-order valence-corrected chi connectivity index (χ1v) is 7.37. The van der Waals surface area contributed by atoms with Gasteiger partial charge in [-0.3, -0.25) is 14.9 Å². The number of non-ortho nitro benzene ring substituents is 1. The molecule has 0 unspecified atom stereocenters. The van der Waals surface area contributed by atoms with E-state index in [2.05, 4.69) is 5.32 Å². The molecule has 0 spiro atoms. The Labute approximate surface area is 148 Å². The van der Waals surface area contributed by atoms with Crippen LogP contribution < -0.4 is 14.8 Å². The summed E-state index contributed by atoms with van der Waals surface area (Å²) in [6.07, 6.45) is 0. The van der Waals surface area contributed by atoms with Crippen LogP contribution in [0, 0.1) is 10.1 Å². The summed E-state index contributed by atoms with van der Waals surface area (Å²) in [5.74, 6) is -0.485. The van der Waals surface area contributed by atoms with Crippen molar-refractivity contribution < 1.29 is 28.7 Å². The van der Waals surface area contributed by atoms with E-state index in [9.17, 15) is 19.7 Å².